The molecule has 0 aromatic carbocycles. The monoisotopic (exact) mass is 627 g/mol. The van der Waals surface area contributed by atoms with Gasteiger partial charge in [-0.1, -0.05) is 0 Å². The number of rotatable bonds is 10. The lowest BCUT2D eigenvalue weighted by Gasteiger charge is -2.48. The quantitative estimate of drug-likeness (QED) is 0.107. The zero-order valence-corrected chi connectivity index (χ0v) is 23.6. The lowest BCUT2D eigenvalue weighted by Crippen LogP contribution is -2.70. The highest BCUT2D eigenvalue weighted by molar-refractivity contribution is 5.74. The Kier molecular flexibility index (Phi) is 12.5. The standard InChI is InChI=1S/C24H41N3O16/c1-7(30)25-13-19(36)17(34)12(40-22(13)38)6-39-23-15(27-9(3)32)21(18(35)11(5-29)41-23)43-24-14(26-8(2)31)20(37)16(33)10(4-28)42-24/h10-24,28-29,33-38H,4-6H2,1-3H3,(H,25,30)(H,26,31)(H,27,32)/t10-,11-,12-,13-,14-,15-,16-,17+,18+,19-,20-,21-,22+,23+,24+/m1/s1. The topological polar surface area (TPSA) is 295 Å². The van der Waals surface area contributed by atoms with Gasteiger partial charge in [0.25, 0.3) is 0 Å². The van der Waals surface area contributed by atoms with Crippen LogP contribution in [0.3, 0.4) is 0 Å². The predicted molar refractivity (Wildman–Crippen MR) is 136 cm³/mol. The number of carbonyl (C=O) groups excluding carboxylic acids is 3. The molecule has 3 heterocycles. The van der Waals surface area contributed by atoms with Crippen LogP contribution in [0, 0.1) is 0 Å². The highest BCUT2D eigenvalue weighted by Crippen LogP contribution is 2.30. The summed E-state index contributed by atoms with van der Waals surface area (Å²) in [5, 5.41) is 89.7. The minimum atomic E-state index is -1.74. The van der Waals surface area contributed by atoms with Crippen molar-refractivity contribution in [3.05, 3.63) is 0 Å². The van der Waals surface area contributed by atoms with E-state index < -0.39 is 129 Å². The first-order valence-electron chi connectivity index (χ1n) is 13.5. The molecule has 0 bridgehead atoms. The Labute approximate surface area is 245 Å². The van der Waals surface area contributed by atoms with E-state index >= 15 is 0 Å². The Hall–Kier alpha value is -2.11. The molecule has 3 aliphatic heterocycles. The van der Waals surface area contributed by atoms with Crippen LogP contribution in [-0.2, 0) is 38.1 Å². The van der Waals surface area contributed by atoms with Crippen LogP contribution in [0.25, 0.3) is 0 Å². The SMILES string of the molecule is CC(=O)N[C@@H]1[C@@H](O)[C@@H](O)[C@@H](CO[C@H]2O[C@H](CO)[C@H](O)[C@H](O[C@@H]3O[C@H](CO)[C@@H](O)[C@H](O)[C@H]3NC(C)=O)[C@H]2NC(C)=O)O[C@@H]1O. The maximum Gasteiger partial charge on any atom is 0.217 e. The molecule has 15 atom stereocenters. The molecule has 0 unspecified atom stereocenters. The number of aliphatic hydroxyl groups is 8. The van der Waals surface area contributed by atoms with Crippen LogP contribution in [0.1, 0.15) is 20.8 Å². The van der Waals surface area contributed by atoms with Crippen molar-refractivity contribution < 1.29 is 78.9 Å². The number of carbonyl (C=O) groups is 3. The zero-order valence-electron chi connectivity index (χ0n) is 23.6. The Bertz CT molecular complexity index is 962. The van der Waals surface area contributed by atoms with E-state index in [0.717, 1.165) is 20.8 Å². The Morgan fingerprint density at radius 2 is 1.07 bits per heavy atom. The highest BCUT2D eigenvalue weighted by Gasteiger charge is 2.53. The number of hydrogen-bond donors (Lipinski definition) is 11. The van der Waals surface area contributed by atoms with E-state index in [1.54, 1.807) is 0 Å². The van der Waals surface area contributed by atoms with E-state index in [4.69, 9.17) is 23.7 Å². The lowest BCUT2D eigenvalue weighted by atomic mass is 9.94. The molecule has 43 heavy (non-hydrogen) atoms. The maximum atomic E-state index is 12.2. The third-order valence-electron chi connectivity index (χ3n) is 7.28. The molecule has 0 radical (unpaired) electrons. The normalized spacial score (nSPS) is 43.5. The highest BCUT2D eigenvalue weighted by atomic mass is 16.7. The van der Waals surface area contributed by atoms with E-state index in [1.807, 2.05) is 0 Å². The molecule has 248 valence electrons. The van der Waals surface area contributed by atoms with Gasteiger partial charge in [-0.3, -0.25) is 14.4 Å². The van der Waals surface area contributed by atoms with E-state index in [2.05, 4.69) is 16.0 Å². The average molecular weight is 628 g/mol. The number of ether oxygens (including phenoxy) is 5. The van der Waals surface area contributed by atoms with E-state index in [1.165, 1.54) is 0 Å². The summed E-state index contributed by atoms with van der Waals surface area (Å²) in [6.07, 6.45) is -18.9. The van der Waals surface area contributed by atoms with Gasteiger partial charge in [0.1, 0.15) is 73.1 Å². The van der Waals surface area contributed by atoms with Gasteiger partial charge in [0.05, 0.1) is 19.8 Å². The summed E-state index contributed by atoms with van der Waals surface area (Å²) in [7, 11) is 0. The van der Waals surface area contributed by atoms with Crippen molar-refractivity contribution in [2.75, 3.05) is 19.8 Å². The molecule has 3 saturated heterocycles. The van der Waals surface area contributed by atoms with Gasteiger partial charge in [-0.2, -0.15) is 0 Å². The van der Waals surface area contributed by atoms with Crippen LogP contribution in [0.5, 0.6) is 0 Å². The summed E-state index contributed by atoms with van der Waals surface area (Å²) in [6, 6.07) is -4.16. The molecule has 0 aromatic heterocycles. The minimum Gasteiger partial charge on any atom is -0.394 e. The van der Waals surface area contributed by atoms with Crippen LogP contribution < -0.4 is 16.0 Å². The molecule has 3 amide bonds. The second-order valence-corrected chi connectivity index (χ2v) is 10.6. The number of hydrogen-bond acceptors (Lipinski definition) is 16. The van der Waals surface area contributed by atoms with Gasteiger partial charge >= 0.3 is 0 Å². The van der Waals surface area contributed by atoms with E-state index in [9.17, 15) is 55.2 Å². The lowest BCUT2D eigenvalue weighted by molar-refractivity contribution is -0.334. The summed E-state index contributed by atoms with van der Waals surface area (Å²) in [4.78, 5) is 35.4. The van der Waals surface area contributed by atoms with Gasteiger partial charge in [-0.25, -0.2) is 0 Å². The molecule has 0 aromatic rings. The van der Waals surface area contributed by atoms with Crippen LogP contribution in [0.2, 0.25) is 0 Å². The Morgan fingerprint density at radius 3 is 1.63 bits per heavy atom. The van der Waals surface area contributed by atoms with Crippen LogP contribution in [0.15, 0.2) is 0 Å². The third-order valence-corrected chi connectivity index (χ3v) is 7.28. The Morgan fingerprint density at radius 1 is 0.605 bits per heavy atom. The fraction of sp³-hybridized carbons (Fsp3) is 0.875. The first-order valence-corrected chi connectivity index (χ1v) is 13.5. The third kappa shape index (κ3) is 8.34. The van der Waals surface area contributed by atoms with Crippen molar-refractivity contribution in [3.8, 4) is 0 Å². The van der Waals surface area contributed by atoms with Gasteiger partial charge in [-0.15, -0.1) is 0 Å². The Balaban J connectivity index is 1.84. The molecule has 3 fully saturated rings. The fourth-order valence-corrected chi connectivity index (χ4v) is 5.17. The van der Waals surface area contributed by atoms with Crippen molar-refractivity contribution in [1.29, 1.82) is 0 Å². The molecule has 0 aliphatic carbocycles. The summed E-state index contributed by atoms with van der Waals surface area (Å²) in [5.74, 6) is -1.90. The molecule has 0 saturated carbocycles. The molecule has 3 aliphatic rings. The van der Waals surface area contributed by atoms with Gasteiger partial charge < -0.3 is 80.5 Å². The number of nitrogens with one attached hydrogen (secondary N) is 3. The summed E-state index contributed by atoms with van der Waals surface area (Å²) >= 11 is 0. The largest absolute Gasteiger partial charge is 0.394 e. The van der Waals surface area contributed by atoms with Gasteiger partial charge in [0.2, 0.25) is 17.7 Å². The molecule has 19 heteroatoms. The molecule has 19 nitrogen and oxygen atoms in total. The molecule has 11 N–H and O–H groups in total. The van der Waals surface area contributed by atoms with Crippen LogP contribution in [0.4, 0.5) is 0 Å². The smallest absolute Gasteiger partial charge is 0.217 e. The van der Waals surface area contributed by atoms with E-state index in [-0.39, 0.29) is 0 Å². The van der Waals surface area contributed by atoms with Crippen LogP contribution >= 0.6 is 0 Å². The number of aliphatic hydroxyl groups excluding tert-OH is 8. The van der Waals surface area contributed by atoms with Gasteiger partial charge in [0.15, 0.2) is 18.9 Å². The predicted octanol–water partition coefficient (Wildman–Crippen LogP) is -7.14. The average Bonchev–Trinajstić information content (AvgIpc) is 2.93. The van der Waals surface area contributed by atoms with Crippen molar-refractivity contribution >= 4 is 17.7 Å². The summed E-state index contributed by atoms with van der Waals surface area (Å²) in [6.45, 7) is 1.25. The molecule has 3 rings (SSSR count). The second kappa shape index (κ2) is 15.3. The second-order valence-electron chi connectivity index (χ2n) is 10.6. The molecular formula is C24H41N3O16. The summed E-state index contributed by atoms with van der Waals surface area (Å²) in [5.41, 5.74) is 0. The van der Waals surface area contributed by atoms with Crippen molar-refractivity contribution in [3.63, 3.8) is 0 Å². The first kappa shape index (κ1) is 35.4. The molecule has 0 spiro atoms. The molecular weight excluding hydrogens is 586 g/mol. The zero-order chi connectivity index (χ0) is 32.2. The van der Waals surface area contributed by atoms with Crippen LogP contribution in [-0.4, -0.2) is 170 Å². The first-order chi connectivity index (χ1) is 20.2. The fourth-order valence-electron chi connectivity index (χ4n) is 5.17. The van der Waals surface area contributed by atoms with Gasteiger partial charge in [-0.05, 0) is 0 Å². The summed E-state index contributed by atoms with van der Waals surface area (Å²) < 4.78 is 28.1. The van der Waals surface area contributed by atoms with E-state index in [0.29, 0.717) is 0 Å². The number of amides is 3. The van der Waals surface area contributed by atoms with Crippen molar-refractivity contribution in [1.82, 2.24) is 16.0 Å². The minimum absolute atomic E-state index is 0.588. The van der Waals surface area contributed by atoms with Gasteiger partial charge in [0, 0.05) is 20.8 Å². The maximum absolute atomic E-state index is 12.2. The van der Waals surface area contributed by atoms with Crippen molar-refractivity contribution in [2.45, 2.75) is 113 Å². The van der Waals surface area contributed by atoms with Crippen molar-refractivity contribution in [2.24, 2.45) is 0 Å².